The highest BCUT2D eigenvalue weighted by molar-refractivity contribution is 5.62. The number of aromatic nitrogens is 6. The molecule has 0 spiro atoms. The first-order valence-electron chi connectivity index (χ1n) is 10.6. The van der Waals surface area contributed by atoms with Gasteiger partial charge in [-0.3, -0.25) is 4.98 Å². The van der Waals surface area contributed by atoms with Gasteiger partial charge in [-0.15, -0.1) is 5.10 Å². The molecule has 1 aliphatic rings. The molecular formula is C22H25N9. The van der Waals surface area contributed by atoms with Gasteiger partial charge in [-0.05, 0) is 49.4 Å². The molecule has 9 heteroatoms. The van der Waals surface area contributed by atoms with Gasteiger partial charge in [0.25, 0.3) is 0 Å². The first kappa shape index (κ1) is 19.4. The van der Waals surface area contributed by atoms with Crippen LogP contribution in [-0.2, 0) is 6.54 Å². The smallest absolute Gasteiger partial charge is 0.222 e. The Hall–Kier alpha value is -3.59. The zero-order valence-corrected chi connectivity index (χ0v) is 17.1. The van der Waals surface area contributed by atoms with Crippen LogP contribution in [0, 0.1) is 0 Å². The van der Waals surface area contributed by atoms with E-state index in [1.54, 1.807) is 24.8 Å². The Morgan fingerprint density at radius 2 is 1.81 bits per heavy atom. The maximum Gasteiger partial charge on any atom is 0.222 e. The van der Waals surface area contributed by atoms with Crippen molar-refractivity contribution in [2.75, 3.05) is 10.6 Å². The van der Waals surface area contributed by atoms with Gasteiger partial charge in [-0.1, -0.05) is 6.07 Å². The van der Waals surface area contributed by atoms with Crippen molar-refractivity contribution in [3.05, 3.63) is 60.8 Å². The molecule has 1 fully saturated rings. The quantitative estimate of drug-likeness (QED) is 0.440. The van der Waals surface area contributed by atoms with Crippen molar-refractivity contribution in [1.82, 2.24) is 29.5 Å². The van der Waals surface area contributed by atoms with E-state index < -0.39 is 0 Å². The van der Waals surface area contributed by atoms with E-state index in [1.807, 2.05) is 35.0 Å². The number of hydrogen-bond acceptors (Lipinski definition) is 8. The van der Waals surface area contributed by atoms with Crippen LogP contribution in [0.1, 0.15) is 31.2 Å². The lowest BCUT2D eigenvalue weighted by Gasteiger charge is -2.27. The number of nitrogens with two attached hydrogens (primary N) is 1. The highest BCUT2D eigenvalue weighted by Crippen LogP contribution is 2.23. The number of anilines is 2. The number of nitrogens with zero attached hydrogens (tertiary/aromatic N) is 6. The van der Waals surface area contributed by atoms with Gasteiger partial charge in [0.15, 0.2) is 5.65 Å². The Bertz CT molecular complexity index is 1130. The summed E-state index contributed by atoms with van der Waals surface area (Å²) in [5, 5.41) is 11.5. The van der Waals surface area contributed by atoms with E-state index in [9.17, 15) is 0 Å². The van der Waals surface area contributed by atoms with Gasteiger partial charge in [0, 0.05) is 49.0 Å². The van der Waals surface area contributed by atoms with Crippen molar-refractivity contribution in [3.8, 4) is 11.3 Å². The van der Waals surface area contributed by atoms with Crippen LogP contribution in [0.5, 0.6) is 0 Å². The van der Waals surface area contributed by atoms with Crippen LogP contribution >= 0.6 is 0 Å². The Morgan fingerprint density at radius 1 is 0.968 bits per heavy atom. The summed E-state index contributed by atoms with van der Waals surface area (Å²) in [6.07, 6.45) is 13.2. The molecule has 0 amide bonds. The molecule has 4 heterocycles. The number of nitrogens with one attached hydrogen (secondary N) is 2. The molecule has 4 N–H and O–H groups in total. The lowest BCUT2D eigenvalue weighted by molar-refractivity contribution is 0.410. The van der Waals surface area contributed by atoms with Crippen LogP contribution in [0.2, 0.25) is 0 Å². The summed E-state index contributed by atoms with van der Waals surface area (Å²) in [5.41, 5.74) is 9.58. The van der Waals surface area contributed by atoms with E-state index in [0.29, 0.717) is 24.6 Å². The standard InChI is InChI=1S/C22H25N9/c23-17-3-5-18(6-4-17)29-20-7-8-21-25-14-19(31(21)30-20)16-12-27-22(28-13-16)26-11-15-2-1-9-24-10-15/h1-2,7-10,12-14,17-18H,3-6,11,23H2,(H,29,30)(H,26,27,28)/t17-,18-. The second kappa shape index (κ2) is 8.65. The molecule has 0 atom stereocenters. The van der Waals surface area contributed by atoms with Crippen molar-refractivity contribution < 1.29 is 0 Å². The fourth-order valence-corrected chi connectivity index (χ4v) is 3.86. The van der Waals surface area contributed by atoms with Gasteiger partial charge in [0.05, 0.1) is 11.9 Å². The normalized spacial score (nSPS) is 18.7. The Kier molecular flexibility index (Phi) is 5.40. The van der Waals surface area contributed by atoms with Gasteiger partial charge in [0.2, 0.25) is 5.95 Å². The molecule has 0 saturated heterocycles. The molecular weight excluding hydrogens is 390 g/mol. The van der Waals surface area contributed by atoms with Crippen LogP contribution in [0.25, 0.3) is 16.9 Å². The van der Waals surface area contributed by atoms with Gasteiger partial charge < -0.3 is 16.4 Å². The average Bonchev–Trinajstić information content (AvgIpc) is 3.24. The molecule has 5 rings (SSSR count). The highest BCUT2D eigenvalue weighted by Gasteiger charge is 2.19. The molecule has 1 saturated carbocycles. The fraction of sp³-hybridized carbons (Fsp3) is 0.318. The second-order valence-corrected chi connectivity index (χ2v) is 7.90. The van der Waals surface area contributed by atoms with E-state index >= 15 is 0 Å². The predicted molar refractivity (Wildman–Crippen MR) is 119 cm³/mol. The Balaban J connectivity index is 1.31. The molecule has 4 aromatic rings. The lowest BCUT2D eigenvalue weighted by Crippen LogP contribution is -2.33. The third-order valence-electron chi connectivity index (χ3n) is 5.61. The Labute approximate surface area is 180 Å². The summed E-state index contributed by atoms with van der Waals surface area (Å²) in [7, 11) is 0. The first-order valence-corrected chi connectivity index (χ1v) is 10.6. The number of hydrogen-bond donors (Lipinski definition) is 3. The van der Waals surface area contributed by atoms with Gasteiger partial charge in [0.1, 0.15) is 5.82 Å². The van der Waals surface area contributed by atoms with Crippen molar-refractivity contribution in [2.45, 2.75) is 44.3 Å². The summed E-state index contributed by atoms with van der Waals surface area (Å²) in [6, 6.07) is 8.60. The number of fused-ring (bicyclic) bond motifs is 1. The zero-order valence-electron chi connectivity index (χ0n) is 17.1. The van der Waals surface area contributed by atoms with E-state index in [4.69, 9.17) is 10.8 Å². The number of imidazole rings is 1. The van der Waals surface area contributed by atoms with Crippen LogP contribution in [0.15, 0.2) is 55.2 Å². The van der Waals surface area contributed by atoms with Gasteiger partial charge in [-0.2, -0.15) is 0 Å². The third-order valence-corrected chi connectivity index (χ3v) is 5.61. The van der Waals surface area contributed by atoms with Crippen LogP contribution in [-0.4, -0.2) is 41.6 Å². The molecule has 0 aliphatic heterocycles. The largest absolute Gasteiger partial charge is 0.366 e. The Morgan fingerprint density at radius 3 is 2.58 bits per heavy atom. The molecule has 0 radical (unpaired) electrons. The van der Waals surface area contributed by atoms with E-state index in [1.165, 1.54) is 0 Å². The van der Waals surface area contributed by atoms with Crippen molar-refractivity contribution in [3.63, 3.8) is 0 Å². The van der Waals surface area contributed by atoms with Gasteiger partial charge >= 0.3 is 0 Å². The van der Waals surface area contributed by atoms with Crippen LogP contribution in [0.4, 0.5) is 11.8 Å². The van der Waals surface area contributed by atoms with Crippen LogP contribution in [0.3, 0.4) is 0 Å². The predicted octanol–water partition coefficient (Wildman–Crippen LogP) is 2.88. The lowest BCUT2D eigenvalue weighted by atomic mass is 9.92. The minimum absolute atomic E-state index is 0.329. The minimum Gasteiger partial charge on any atom is -0.366 e. The summed E-state index contributed by atoms with van der Waals surface area (Å²) < 4.78 is 1.83. The molecule has 31 heavy (non-hydrogen) atoms. The molecule has 0 bridgehead atoms. The van der Waals surface area contributed by atoms with Crippen LogP contribution < -0.4 is 16.4 Å². The fourth-order valence-electron chi connectivity index (χ4n) is 3.86. The van der Waals surface area contributed by atoms with E-state index in [0.717, 1.165) is 54.0 Å². The maximum absolute atomic E-state index is 6.02. The highest BCUT2D eigenvalue weighted by atomic mass is 15.3. The molecule has 0 unspecified atom stereocenters. The van der Waals surface area contributed by atoms with Gasteiger partial charge in [-0.25, -0.2) is 19.5 Å². The summed E-state index contributed by atoms with van der Waals surface area (Å²) in [6.45, 7) is 0.617. The summed E-state index contributed by atoms with van der Waals surface area (Å²) in [5.74, 6) is 1.40. The van der Waals surface area contributed by atoms with Crippen molar-refractivity contribution in [2.24, 2.45) is 5.73 Å². The summed E-state index contributed by atoms with van der Waals surface area (Å²) >= 11 is 0. The molecule has 0 aromatic carbocycles. The monoisotopic (exact) mass is 415 g/mol. The topological polar surface area (TPSA) is 119 Å². The summed E-state index contributed by atoms with van der Waals surface area (Å²) in [4.78, 5) is 17.5. The minimum atomic E-state index is 0.329. The van der Waals surface area contributed by atoms with E-state index in [2.05, 4.69) is 30.6 Å². The molecule has 9 nitrogen and oxygen atoms in total. The number of pyridine rings is 1. The zero-order chi connectivity index (χ0) is 21.0. The molecule has 1 aliphatic carbocycles. The molecule has 158 valence electrons. The van der Waals surface area contributed by atoms with Crippen molar-refractivity contribution >= 4 is 17.4 Å². The average molecular weight is 416 g/mol. The first-order chi connectivity index (χ1) is 15.2. The van der Waals surface area contributed by atoms with Crippen molar-refractivity contribution in [1.29, 1.82) is 0 Å². The second-order valence-electron chi connectivity index (χ2n) is 7.90. The van der Waals surface area contributed by atoms with E-state index in [-0.39, 0.29) is 0 Å². The number of rotatable bonds is 6. The SMILES string of the molecule is N[C@H]1CC[C@H](Nc2ccc3ncc(-c4cnc(NCc5cccnc5)nc4)n3n2)CC1. The third kappa shape index (κ3) is 4.46. The maximum atomic E-state index is 6.02. The molecule has 4 aromatic heterocycles.